The van der Waals surface area contributed by atoms with Gasteiger partial charge in [0.15, 0.2) is 0 Å². The first-order valence-corrected chi connectivity index (χ1v) is 6.33. The Morgan fingerprint density at radius 3 is 2.25 bits per heavy atom. The van der Waals surface area contributed by atoms with Crippen molar-refractivity contribution in [3.05, 3.63) is 31.0 Å². The van der Waals surface area contributed by atoms with Gasteiger partial charge in [-0.25, -0.2) is 15.0 Å². The largest absolute Gasteiger partial charge is 0.498 e. The van der Waals surface area contributed by atoms with E-state index in [-0.39, 0.29) is 24.6 Å². The van der Waals surface area contributed by atoms with Crippen molar-refractivity contribution in [2.75, 3.05) is 0 Å². The van der Waals surface area contributed by atoms with Crippen molar-refractivity contribution in [1.29, 1.82) is 0 Å². The lowest BCUT2D eigenvalue weighted by Gasteiger charge is -2.32. The van der Waals surface area contributed by atoms with Crippen LogP contribution in [0.3, 0.4) is 0 Å². The van der Waals surface area contributed by atoms with Crippen LogP contribution in [0.25, 0.3) is 5.95 Å². The summed E-state index contributed by atoms with van der Waals surface area (Å²) in [7, 11) is -0.575. The molecule has 3 heterocycles. The average Bonchev–Trinajstić information content (AvgIpc) is 2.83. The molecular formula is C13H17BN4O2. The van der Waals surface area contributed by atoms with Crippen LogP contribution >= 0.6 is 0 Å². The van der Waals surface area contributed by atoms with Gasteiger partial charge in [-0.15, -0.1) is 0 Å². The van der Waals surface area contributed by atoms with E-state index < -0.39 is 18.3 Å². The van der Waals surface area contributed by atoms with Gasteiger partial charge in [0.1, 0.15) is 7.67 Å². The second-order valence-corrected chi connectivity index (χ2v) is 5.68. The molecule has 1 aliphatic heterocycles. The molecule has 1 saturated heterocycles. The standard InChI is InChI=1S/C13H17BN4O2/c1-12(2)13(3,4)20-14(19-12)10-7-16-11(17-8-10)18-6-5-15-9-18/h5-9H,1-4H3/i5D,6D,9D. The molecule has 104 valence electrons. The van der Waals surface area contributed by atoms with Gasteiger partial charge < -0.3 is 9.31 Å². The fraction of sp³-hybridized carbons (Fsp3) is 0.462. The first-order valence-electron chi connectivity index (χ1n) is 7.83. The van der Waals surface area contributed by atoms with Gasteiger partial charge >= 0.3 is 7.12 Å². The normalized spacial score (nSPS) is 22.4. The zero-order valence-corrected chi connectivity index (χ0v) is 11.8. The number of imidazole rings is 1. The molecule has 2 aromatic heterocycles. The van der Waals surface area contributed by atoms with E-state index in [0.29, 0.717) is 5.46 Å². The molecule has 0 unspecified atom stereocenters. The van der Waals surface area contributed by atoms with E-state index in [1.807, 2.05) is 27.7 Å². The molecule has 1 aliphatic rings. The summed E-state index contributed by atoms with van der Waals surface area (Å²) >= 11 is 0. The molecule has 0 radical (unpaired) electrons. The minimum Gasteiger partial charge on any atom is -0.399 e. The predicted molar refractivity (Wildman–Crippen MR) is 74.9 cm³/mol. The van der Waals surface area contributed by atoms with Crippen LogP contribution in [-0.2, 0) is 9.31 Å². The molecule has 3 rings (SSSR count). The molecule has 0 N–H and O–H groups in total. The van der Waals surface area contributed by atoms with Crippen molar-refractivity contribution in [1.82, 2.24) is 19.5 Å². The maximum Gasteiger partial charge on any atom is 0.498 e. The summed E-state index contributed by atoms with van der Waals surface area (Å²) in [6.07, 6.45) is 2.32. The van der Waals surface area contributed by atoms with Crippen LogP contribution in [0.15, 0.2) is 31.0 Å². The summed E-state index contributed by atoms with van der Waals surface area (Å²) in [5.74, 6) is 0.117. The first-order chi connectivity index (χ1) is 10.6. The van der Waals surface area contributed by atoms with Crippen molar-refractivity contribution in [3.63, 3.8) is 0 Å². The lowest BCUT2D eigenvalue weighted by molar-refractivity contribution is 0.00578. The smallest absolute Gasteiger partial charge is 0.399 e. The second kappa shape index (κ2) is 4.39. The monoisotopic (exact) mass is 275 g/mol. The molecule has 2 aromatic rings. The zero-order valence-electron chi connectivity index (χ0n) is 14.8. The summed E-state index contributed by atoms with van der Waals surface area (Å²) in [5.41, 5.74) is -0.260. The average molecular weight is 275 g/mol. The molecular weight excluding hydrogens is 255 g/mol. The number of rotatable bonds is 2. The summed E-state index contributed by atoms with van der Waals surface area (Å²) in [5, 5.41) is 0. The van der Waals surface area contributed by atoms with Gasteiger partial charge in [0.2, 0.25) is 5.95 Å². The Balaban J connectivity index is 1.89. The van der Waals surface area contributed by atoms with E-state index in [1.165, 1.54) is 12.4 Å². The Hall–Kier alpha value is -1.73. The van der Waals surface area contributed by atoms with Gasteiger partial charge in [-0.2, -0.15) is 0 Å². The Bertz CT molecular complexity index is 732. The van der Waals surface area contributed by atoms with Crippen molar-refractivity contribution in [3.8, 4) is 5.95 Å². The van der Waals surface area contributed by atoms with Crippen molar-refractivity contribution < 1.29 is 13.4 Å². The quantitative estimate of drug-likeness (QED) is 0.764. The van der Waals surface area contributed by atoms with Gasteiger partial charge in [-0.1, -0.05) is 0 Å². The molecule has 0 atom stereocenters. The Morgan fingerprint density at radius 2 is 1.75 bits per heavy atom. The van der Waals surface area contributed by atoms with E-state index in [1.54, 1.807) is 0 Å². The number of aromatic nitrogens is 4. The number of nitrogens with zero attached hydrogens (tertiary/aromatic N) is 4. The van der Waals surface area contributed by atoms with Crippen LogP contribution in [0.2, 0.25) is 0 Å². The van der Waals surface area contributed by atoms with E-state index in [9.17, 15) is 0 Å². The Labute approximate surface area is 122 Å². The first kappa shape index (κ1) is 10.1. The van der Waals surface area contributed by atoms with E-state index in [4.69, 9.17) is 13.4 Å². The summed E-state index contributed by atoms with van der Waals surface area (Å²) in [6, 6.07) is 0. The minimum atomic E-state index is -0.575. The molecule has 0 spiro atoms. The zero-order chi connectivity index (χ0) is 17.0. The third kappa shape index (κ3) is 2.12. The molecule has 0 aromatic carbocycles. The van der Waals surface area contributed by atoms with Gasteiger partial charge in [0, 0.05) is 30.2 Å². The highest BCUT2D eigenvalue weighted by atomic mass is 16.7. The van der Waals surface area contributed by atoms with E-state index >= 15 is 0 Å². The lowest BCUT2D eigenvalue weighted by atomic mass is 9.81. The summed E-state index contributed by atoms with van der Waals surface area (Å²) < 4.78 is 35.8. The van der Waals surface area contributed by atoms with Crippen LogP contribution < -0.4 is 5.46 Å². The maximum atomic E-state index is 7.74. The van der Waals surface area contributed by atoms with Crippen LogP contribution in [0.4, 0.5) is 0 Å². The lowest BCUT2D eigenvalue weighted by Crippen LogP contribution is -2.41. The molecule has 1 fully saturated rings. The number of hydrogen-bond donors (Lipinski definition) is 0. The van der Waals surface area contributed by atoms with Crippen LogP contribution in [-0.4, -0.2) is 37.8 Å². The third-order valence-corrected chi connectivity index (χ3v) is 3.75. The van der Waals surface area contributed by atoms with E-state index in [2.05, 4.69) is 15.0 Å². The van der Waals surface area contributed by atoms with Gasteiger partial charge in [-0.3, -0.25) is 4.57 Å². The van der Waals surface area contributed by atoms with Gasteiger partial charge in [0.25, 0.3) is 0 Å². The summed E-state index contributed by atoms with van der Waals surface area (Å²) in [4.78, 5) is 11.9. The van der Waals surface area contributed by atoms with Crippen molar-refractivity contribution in [2.45, 2.75) is 38.9 Å². The fourth-order valence-corrected chi connectivity index (χ4v) is 1.82. The molecule has 0 amide bonds. The molecule has 0 bridgehead atoms. The topological polar surface area (TPSA) is 62.1 Å². The van der Waals surface area contributed by atoms with Gasteiger partial charge in [0.05, 0.1) is 13.9 Å². The van der Waals surface area contributed by atoms with Crippen LogP contribution in [0.5, 0.6) is 0 Å². The maximum absolute atomic E-state index is 7.74. The Morgan fingerprint density at radius 1 is 1.15 bits per heavy atom. The van der Waals surface area contributed by atoms with E-state index in [0.717, 1.165) is 4.57 Å². The van der Waals surface area contributed by atoms with Crippen molar-refractivity contribution >= 4 is 12.6 Å². The highest BCUT2D eigenvalue weighted by Gasteiger charge is 2.51. The molecule has 0 saturated carbocycles. The molecule has 6 nitrogen and oxygen atoms in total. The minimum absolute atomic E-state index is 0.117. The third-order valence-electron chi connectivity index (χ3n) is 3.75. The van der Waals surface area contributed by atoms with Crippen LogP contribution in [0.1, 0.15) is 31.8 Å². The molecule has 7 heteroatoms. The molecule has 20 heavy (non-hydrogen) atoms. The SMILES string of the molecule is [2H]c1nc([2H])n(-c2ncc(B3OC(C)(C)C(C)(C)O3)cn2)c1[2H]. The second-order valence-electron chi connectivity index (χ2n) is 5.68. The fourth-order valence-electron chi connectivity index (χ4n) is 1.82. The van der Waals surface area contributed by atoms with Crippen molar-refractivity contribution in [2.24, 2.45) is 0 Å². The predicted octanol–water partition coefficient (Wildman–Crippen LogP) is 0.961. The Kier molecular flexibility index (Phi) is 2.21. The highest BCUT2D eigenvalue weighted by molar-refractivity contribution is 6.61. The van der Waals surface area contributed by atoms with Gasteiger partial charge in [-0.05, 0) is 27.7 Å². The summed E-state index contributed by atoms with van der Waals surface area (Å²) in [6.45, 7) is 7.84. The van der Waals surface area contributed by atoms with Crippen LogP contribution in [0, 0.1) is 0 Å². The number of hydrogen-bond acceptors (Lipinski definition) is 5. The highest BCUT2D eigenvalue weighted by Crippen LogP contribution is 2.36. The molecule has 0 aliphatic carbocycles.